The van der Waals surface area contributed by atoms with Crippen LogP contribution in [0, 0.1) is 11.3 Å². The van der Waals surface area contributed by atoms with Crippen LogP contribution in [0.15, 0.2) is 12.3 Å². The number of alkyl halides is 3. The van der Waals surface area contributed by atoms with Crippen LogP contribution in [0.2, 0.25) is 0 Å². The zero-order chi connectivity index (χ0) is 26.4. The van der Waals surface area contributed by atoms with Crippen molar-refractivity contribution in [3.63, 3.8) is 0 Å². The number of likely N-dealkylation sites (tertiary alicyclic amines) is 1. The number of pyridine rings is 1. The van der Waals surface area contributed by atoms with Gasteiger partial charge in [0.05, 0.1) is 23.7 Å². The molecule has 3 amide bonds. The summed E-state index contributed by atoms with van der Waals surface area (Å²) >= 11 is 0. The Hall–Kier alpha value is -2.44. The van der Waals surface area contributed by atoms with E-state index in [-0.39, 0.29) is 42.6 Å². The van der Waals surface area contributed by atoms with Crippen LogP contribution in [0.5, 0.6) is 0 Å². The summed E-state index contributed by atoms with van der Waals surface area (Å²) in [6, 6.07) is 1.06. The number of rotatable bonds is 4. The molecule has 1 aromatic heterocycles. The largest absolute Gasteiger partial charge is 0.417 e. The van der Waals surface area contributed by atoms with E-state index in [4.69, 9.17) is 9.47 Å². The Bertz CT molecular complexity index is 1040. The normalized spacial score (nSPS) is 31.7. The minimum Gasteiger partial charge on any atom is -0.379 e. The first kappa shape index (κ1) is 26.2. The van der Waals surface area contributed by atoms with Crippen LogP contribution in [-0.2, 0) is 33.4 Å². The molecule has 3 aliphatic heterocycles. The third-order valence-electron chi connectivity index (χ3n) is 8.51. The molecule has 4 heterocycles. The zero-order valence-electron chi connectivity index (χ0n) is 21.1. The number of ether oxygens (including phenoxy) is 2. The zero-order valence-corrected chi connectivity index (χ0v) is 21.1. The molecule has 1 saturated carbocycles. The molecule has 5 rings (SSSR count). The number of nitrogens with one attached hydrogen (secondary N) is 2. The molecule has 0 spiro atoms. The van der Waals surface area contributed by atoms with Gasteiger partial charge in [-0.1, -0.05) is 0 Å². The van der Waals surface area contributed by atoms with Crippen molar-refractivity contribution in [2.24, 2.45) is 11.3 Å². The number of urea groups is 1. The number of hydrogen-bond donors (Lipinski definition) is 2. The number of amides is 3. The number of nitrogens with zero attached hydrogens (tertiary/aromatic N) is 3. The Balaban J connectivity index is 1.37. The van der Waals surface area contributed by atoms with E-state index >= 15 is 0 Å². The SMILES string of the molecule is CNC(=O)N1CC2CC(NC3CCOCC3OC)CC2(C(=O)N2CCc3ncc(C(F)(F)F)cc3C2)C1. The van der Waals surface area contributed by atoms with Gasteiger partial charge in [-0.15, -0.1) is 0 Å². The Labute approximate surface area is 214 Å². The van der Waals surface area contributed by atoms with Crippen LogP contribution < -0.4 is 10.6 Å². The van der Waals surface area contributed by atoms with Crippen molar-refractivity contribution in [3.8, 4) is 0 Å². The molecule has 2 saturated heterocycles. The van der Waals surface area contributed by atoms with Gasteiger partial charge in [-0.25, -0.2) is 4.79 Å². The minimum atomic E-state index is -4.49. The summed E-state index contributed by atoms with van der Waals surface area (Å²) < 4.78 is 51.0. The highest BCUT2D eigenvalue weighted by molar-refractivity contribution is 5.86. The fraction of sp³-hybridized carbons (Fsp3) is 0.720. The molecule has 9 nitrogen and oxygen atoms in total. The second-order valence-electron chi connectivity index (χ2n) is 10.6. The van der Waals surface area contributed by atoms with Crippen LogP contribution in [0.1, 0.15) is 36.1 Å². The van der Waals surface area contributed by atoms with E-state index in [0.29, 0.717) is 56.9 Å². The Morgan fingerprint density at radius 2 is 2.11 bits per heavy atom. The van der Waals surface area contributed by atoms with Crippen LogP contribution in [0.25, 0.3) is 0 Å². The van der Waals surface area contributed by atoms with Crippen molar-refractivity contribution < 1.29 is 32.2 Å². The second-order valence-corrected chi connectivity index (χ2v) is 10.6. The van der Waals surface area contributed by atoms with E-state index in [1.54, 1.807) is 24.0 Å². The predicted octanol–water partition coefficient (Wildman–Crippen LogP) is 1.80. The summed E-state index contributed by atoms with van der Waals surface area (Å²) in [5.41, 5.74) is -0.565. The number of methoxy groups -OCH3 is 1. The van der Waals surface area contributed by atoms with E-state index < -0.39 is 17.2 Å². The van der Waals surface area contributed by atoms with Gasteiger partial charge in [0, 0.05) is 77.3 Å². The van der Waals surface area contributed by atoms with Crippen molar-refractivity contribution in [1.29, 1.82) is 0 Å². The molecule has 1 aromatic rings. The quantitative estimate of drug-likeness (QED) is 0.623. The number of hydrogen-bond acceptors (Lipinski definition) is 6. The van der Waals surface area contributed by atoms with Gasteiger partial charge in [0.15, 0.2) is 0 Å². The van der Waals surface area contributed by atoms with Crippen molar-refractivity contribution in [2.75, 3.05) is 47.0 Å². The van der Waals surface area contributed by atoms with E-state index in [0.717, 1.165) is 25.1 Å². The van der Waals surface area contributed by atoms with Gasteiger partial charge in [0.2, 0.25) is 5.91 Å². The van der Waals surface area contributed by atoms with Gasteiger partial charge in [-0.3, -0.25) is 9.78 Å². The molecule has 1 aliphatic carbocycles. The lowest BCUT2D eigenvalue weighted by Crippen LogP contribution is -2.52. The molecule has 37 heavy (non-hydrogen) atoms. The van der Waals surface area contributed by atoms with E-state index in [1.807, 2.05) is 0 Å². The highest BCUT2D eigenvalue weighted by Gasteiger charge is 2.59. The lowest BCUT2D eigenvalue weighted by Gasteiger charge is -2.37. The Kier molecular flexibility index (Phi) is 7.10. The van der Waals surface area contributed by atoms with Crippen LogP contribution >= 0.6 is 0 Å². The number of aromatic nitrogens is 1. The number of carbonyl (C=O) groups excluding carboxylic acids is 2. The first-order valence-corrected chi connectivity index (χ1v) is 12.8. The second kappa shape index (κ2) is 10.0. The molecule has 2 N–H and O–H groups in total. The maximum atomic E-state index is 14.2. The summed E-state index contributed by atoms with van der Waals surface area (Å²) in [6.45, 7) is 2.39. The van der Waals surface area contributed by atoms with Crippen LogP contribution in [0.4, 0.5) is 18.0 Å². The minimum absolute atomic E-state index is 0.0448. The van der Waals surface area contributed by atoms with Crippen molar-refractivity contribution >= 4 is 11.9 Å². The van der Waals surface area contributed by atoms with E-state index in [2.05, 4.69) is 15.6 Å². The molecular weight excluding hydrogens is 491 g/mol. The van der Waals surface area contributed by atoms with Gasteiger partial charge >= 0.3 is 12.2 Å². The third kappa shape index (κ3) is 4.90. The molecule has 3 fully saturated rings. The standard InChI is InChI=1S/C25H34F3N5O4/c1-29-23(35)33-12-17-8-18(31-20-4-6-37-13-21(20)36-2)9-24(17,14-33)22(34)32-5-3-19-15(11-32)7-16(10-30-19)25(26,27)28/h7,10,17-18,20-21,31H,3-6,8-9,11-14H2,1-2H3,(H,29,35). The summed E-state index contributed by atoms with van der Waals surface area (Å²) in [7, 11) is 3.23. The van der Waals surface area contributed by atoms with Gasteiger partial charge in [-0.2, -0.15) is 13.2 Å². The molecule has 5 atom stereocenters. The van der Waals surface area contributed by atoms with Gasteiger partial charge in [-0.05, 0) is 36.8 Å². The third-order valence-corrected chi connectivity index (χ3v) is 8.51. The molecule has 204 valence electrons. The molecular formula is C25H34F3N5O4. The molecule has 4 aliphatic rings. The number of fused-ring (bicyclic) bond motifs is 2. The maximum absolute atomic E-state index is 14.2. The summed E-state index contributed by atoms with van der Waals surface area (Å²) in [5, 5.41) is 6.35. The number of halogens is 3. The predicted molar refractivity (Wildman–Crippen MR) is 126 cm³/mol. The van der Waals surface area contributed by atoms with Crippen LogP contribution in [0.3, 0.4) is 0 Å². The fourth-order valence-corrected chi connectivity index (χ4v) is 6.65. The monoisotopic (exact) mass is 525 g/mol. The van der Waals surface area contributed by atoms with Crippen molar-refractivity contribution in [1.82, 2.24) is 25.4 Å². The van der Waals surface area contributed by atoms with Crippen molar-refractivity contribution in [3.05, 3.63) is 29.1 Å². The van der Waals surface area contributed by atoms with Crippen LogP contribution in [-0.4, -0.2) is 91.9 Å². The van der Waals surface area contributed by atoms with E-state index in [1.165, 1.54) is 0 Å². The van der Waals surface area contributed by atoms with Gasteiger partial charge in [0.1, 0.15) is 0 Å². The topological polar surface area (TPSA) is 96.0 Å². The molecule has 0 radical (unpaired) electrons. The summed E-state index contributed by atoms with van der Waals surface area (Å²) in [5.74, 6) is -0.136. The lowest BCUT2D eigenvalue weighted by molar-refractivity contribution is -0.143. The molecule has 0 bridgehead atoms. The summed E-state index contributed by atoms with van der Waals surface area (Å²) in [6.07, 6.45) is -1.20. The van der Waals surface area contributed by atoms with E-state index in [9.17, 15) is 22.8 Å². The highest BCUT2D eigenvalue weighted by Crippen LogP contribution is 2.50. The van der Waals surface area contributed by atoms with Gasteiger partial charge in [0.25, 0.3) is 0 Å². The molecule has 12 heteroatoms. The average molecular weight is 526 g/mol. The Morgan fingerprint density at radius 1 is 1.30 bits per heavy atom. The smallest absolute Gasteiger partial charge is 0.379 e. The highest BCUT2D eigenvalue weighted by atomic mass is 19.4. The first-order valence-electron chi connectivity index (χ1n) is 12.8. The van der Waals surface area contributed by atoms with Gasteiger partial charge < -0.3 is 29.9 Å². The fourth-order valence-electron chi connectivity index (χ4n) is 6.65. The first-order chi connectivity index (χ1) is 17.6. The maximum Gasteiger partial charge on any atom is 0.417 e. The lowest BCUT2D eigenvalue weighted by atomic mass is 9.78. The summed E-state index contributed by atoms with van der Waals surface area (Å²) in [4.78, 5) is 34.0. The van der Waals surface area contributed by atoms with Crippen molar-refractivity contribution in [2.45, 2.75) is 56.6 Å². The average Bonchev–Trinajstić information content (AvgIpc) is 3.41. The molecule has 0 aromatic carbocycles. The molecule has 5 unspecified atom stereocenters. The number of carbonyl (C=O) groups is 2. The Morgan fingerprint density at radius 3 is 2.84 bits per heavy atom.